The minimum atomic E-state index is -3.63. The van der Waals surface area contributed by atoms with Crippen molar-refractivity contribution in [3.8, 4) is 5.75 Å². The molecule has 1 heterocycles. The lowest BCUT2D eigenvalue weighted by Gasteiger charge is -2.10. The van der Waals surface area contributed by atoms with E-state index in [-0.39, 0.29) is 4.21 Å². The van der Waals surface area contributed by atoms with E-state index in [4.69, 9.17) is 9.88 Å². The van der Waals surface area contributed by atoms with Crippen LogP contribution in [-0.2, 0) is 10.0 Å². The van der Waals surface area contributed by atoms with Crippen LogP contribution >= 0.6 is 11.3 Å². The molecule has 0 aliphatic rings. The van der Waals surface area contributed by atoms with Gasteiger partial charge in [-0.2, -0.15) is 0 Å². The van der Waals surface area contributed by atoms with Gasteiger partial charge >= 0.3 is 0 Å². The van der Waals surface area contributed by atoms with E-state index >= 15 is 0 Å². The Morgan fingerprint density at radius 2 is 2.05 bits per heavy atom. The molecular formula is C12H16N2O3S2. The molecule has 0 spiro atoms. The van der Waals surface area contributed by atoms with Gasteiger partial charge in [-0.05, 0) is 43.7 Å². The minimum absolute atomic E-state index is 0.174. The molecule has 0 amide bonds. The van der Waals surface area contributed by atoms with Crippen LogP contribution in [0.2, 0.25) is 0 Å². The maximum Gasteiger partial charge on any atom is 0.247 e. The van der Waals surface area contributed by atoms with Crippen LogP contribution < -0.4 is 9.88 Å². The highest BCUT2D eigenvalue weighted by atomic mass is 32.2. The lowest BCUT2D eigenvalue weighted by Crippen LogP contribution is -2.19. The Kier molecular flexibility index (Phi) is 4.10. The van der Waals surface area contributed by atoms with E-state index < -0.39 is 10.0 Å². The fourth-order valence-electron chi connectivity index (χ4n) is 1.57. The van der Waals surface area contributed by atoms with Gasteiger partial charge in [-0.25, -0.2) is 13.6 Å². The second-order valence-corrected chi connectivity index (χ2v) is 7.33. The van der Waals surface area contributed by atoms with Crippen LogP contribution in [0.3, 0.4) is 0 Å². The van der Waals surface area contributed by atoms with Gasteiger partial charge in [0.15, 0.2) is 0 Å². The van der Waals surface area contributed by atoms with Crippen LogP contribution in [0.25, 0.3) is 10.1 Å². The number of hydrogen-bond acceptors (Lipinski definition) is 5. The molecule has 5 nitrogen and oxygen atoms in total. The topological polar surface area (TPSA) is 72.6 Å². The molecule has 2 N–H and O–H groups in total. The van der Waals surface area contributed by atoms with E-state index in [0.717, 1.165) is 33.7 Å². The van der Waals surface area contributed by atoms with Gasteiger partial charge in [0.25, 0.3) is 0 Å². The summed E-state index contributed by atoms with van der Waals surface area (Å²) in [7, 11) is 0.317. The van der Waals surface area contributed by atoms with E-state index in [0.29, 0.717) is 6.61 Å². The Hall–Kier alpha value is -1.15. The number of nitrogens with two attached hydrogens (primary N) is 1. The van der Waals surface area contributed by atoms with Crippen molar-refractivity contribution in [3.63, 3.8) is 0 Å². The first-order valence-corrected chi connectivity index (χ1v) is 8.06. The normalized spacial score (nSPS) is 12.2. The lowest BCUT2D eigenvalue weighted by molar-refractivity contribution is 0.261. The summed E-state index contributed by atoms with van der Waals surface area (Å²) >= 11 is 1.16. The van der Waals surface area contributed by atoms with Crippen molar-refractivity contribution in [2.75, 3.05) is 27.2 Å². The fraction of sp³-hybridized carbons (Fsp3) is 0.333. The zero-order valence-electron chi connectivity index (χ0n) is 10.8. The predicted octanol–water partition coefficient (Wildman–Crippen LogP) is 1.49. The second kappa shape index (κ2) is 5.46. The summed E-state index contributed by atoms with van der Waals surface area (Å²) in [6, 6.07) is 7.09. The summed E-state index contributed by atoms with van der Waals surface area (Å²) in [4.78, 5) is 2.03. The predicted molar refractivity (Wildman–Crippen MR) is 77.2 cm³/mol. The number of primary sulfonamides is 1. The van der Waals surface area contributed by atoms with Crippen molar-refractivity contribution in [1.82, 2.24) is 4.90 Å². The lowest BCUT2D eigenvalue weighted by atomic mass is 10.2. The molecule has 1 aromatic heterocycles. The Morgan fingerprint density at radius 3 is 2.68 bits per heavy atom. The number of hydrogen-bond donors (Lipinski definition) is 1. The van der Waals surface area contributed by atoms with E-state index in [9.17, 15) is 8.42 Å². The zero-order valence-corrected chi connectivity index (χ0v) is 12.4. The number of likely N-dealkylation sites (N-methyl/N-ethyl adjacent to an activating group) is 1. The smallest absolute Gasteiger partial charge is 0.247 e. The maximum atomic E-state index is 11.3. The Morgan fingerprint density at radius 1 is 1.32 bits per heavy atom. The van der Waals surface area contributed by atoms with E-state index in [1.54, 1.807) is 6.07 Å². The van der Waals surface area contributed by atoms with E-state index in [2.05, 4.69) is 0 Å². The van der Waals surface area contributed by atoms with Crippen molar-refractivity contribution >= 4 is 31.4 Å². The number of fused-ring (bicyclic) bond motifs is 1. The third-order valence-electron chi connectivity index (χ3n) is 2.55. The average Bonchev–Trinajstić information content (AvgIpc) is 2.71. The van der Waals surface area contributed by atoms with Crippen LogP contribution in [-0.4, -0.2) is 40.6 Å². The van der Waals surface area contributed by atoms with Crippen molar-refractivity contribution in [3.05, 3.63) is 24.3 Å². The molecule has 1 aromatic carbocycles. The Balaban J connectivity index is 2.21. The SMILES string of the molecule is CN(C)CCOc1ccc2sc(S(N)(=O)=O)cc2c1. The van der Waals surface area contributed by atoms with Crippen LogP contribution in [0.1, 0.15) is 0 Å². The molecule has 0 fully saturated rings. The molecule has 0 saturated carbocycles. The minimum Gasteiger partial charge on any atom is -0.492 e. The summed E-state index contributed by atoms with van der Waals surface area (Å²) in [5.74, 6) is 0.730. The van der Waals surface area contributed by atoms with E-state index in [1.165, 1.54) is 0 Å². The van der Waals surface area contributed by atoms with Crippen molar-refractivity contribution in [2.24, 2.45) is 5.14 Å². The Bertz CT molecular complexity index is 677. The molecule has 2 aromatic rings. The van der Waals surface area contributed by atoms with Crippen molar-refractivity contribution in [2.45, 2.75) is 4.21 Å². The summed E-state index contributed by atoms with van der Waals surface area (Å²) < 4.78 is 29.2. The first-order valence-electron chi connectivity index (χ1n) is 5.70. The number of thiophene rings is 1. The molecule has 7 heteroatoms. The van der Waals surface area contributed by atoms with Crippen LogP contribution in [0.4, 0.5) is 0 Å². The van der Waals surface area contributed by atoms with Crippen molar-refractivity contribution in [1.29, 1.82) is 0 Å². The number of ether oxygens (including phenoxy) is 1. The first kappa shape index (κ1) is 14.3. The molecule has 0 saturated heterocycles. The largest absolute Gasteiger partial charge is 0.492 e. The van der Waals surface area contributed by atoms with Gasteiger partial charge in [0.05, 0.1) is 0 Å². The summed E-state index contributed by atoms with van der Waals surface area (Å²) in [6.07, 6.45) is 0. The van der Waals surface area contributed by atoms with Crippen LogP contribution in [0.5, 0.6) is 5.75 Å². The third kappa shape index (κ3) is 3.66. The third-order valence-corrected chi connectivity index (χ3v) is 5.09. The van der Waals surface area contributed by atoms with Crippen LogP contribution in [0.15, 0.2) is 28.5 Å². The number of rotatable bonds is 5. The molecule has 0 bridgehead atoms. The van der Waals surface area contributed by atoms with Crippen molar-refractivity contribution < 1.29 is 13.2 Å². The van der Waals surface area contributed by atoms with Gasteiger partial charge in [0, 0.05) is 11.2 Å². The second-order valence-electron chi connectivity index (χ2n) is 4.46. The molecule has 19 heavy (non-hydrogen) atoms. The molecular weight excluding hydrogens is 284 g/mol. The average molecular weight is 300 g/mol. The monoisotopic (exact) mass is 300 g/mol. The molecule has 104 valence electrons. The standard InChI is InChI=1S/C12H16N2O3S2/c1-14(2)5-6-17-10-3-4-11-9(7-10)8-12(18-11)19(13,15)16/h3-4,7-8H,5-6H2,1-2H3,(H2,13,15,16). The van der Waals surface area contributed by atoms with Gasteiger partial charge in [0.2, 0.25) is 10.0 Å². The van der Waals surface area contributed by atoms with Gasteiger partial charge in [0.1, 0.15) is 16.6 Å². The number of sulfonamides is 1. The first-order chi connectivity index (χ1) is 8.86. The van der Waals surface area contributed by atoms with Gasteiger partial charge in [-0.3, -0.25) is 0 Å². The zero-order chi connectivity index (χ0) is 14.0. The summed E-state index contributed by atoms with van der Waals surface area (Å²) in [6.45, 7) is 1.41. The molecule has 0 radical (unpaired) electrons. The summed E-state index contributed by atoms with van der Waals surface area (Å²) in [5.41, 5.74) is 0. The molecule has 0 aliphatic carbocycles. The number of nitrogens with zero attached hydrogens (tertiary/aromatic N) is 1. The highest BCUT2D eigenvalue weighted by molar-refractivity contribution is 7.91. The quantitative estimate of drug-likeness (QED) is 0.908. The summed E-state index contributed by atoms with van der Waals surface area (Å²) in [5, 5.41) is 5.95. The van der Waals surface area contributed by atoms with Gasteiger partial charge in [-0.1, -0.05) is 0 Å². The fourth-order valence-corrected chi connectivity index (χ4v) is 3.37. The highest BCUT2D eigenvalue weighted by Crippen LogP contribution is 2.30. The number of benzene rings is 1. The van der Waals surface area contributed by atoms with Gasteiger partial charge < -0.3 is 9.64 Å². The molecule has 0 atom stereocenters. The Labute approximate surface area is 116 Å². The van der Waals surface area contributed by atoms with E-state index in [1.807, 2.05) is 37.2 Å². The highest BCUT2D eigenvalue weighted by Gasteiger charge is 2.12. The van der Waals surface area contributed by atoms with Crippen LogP contribution in [0, 0.1) is 0 Å². The molecule has 2 rings (SSSR count). The molecule has 0 unspecified atom stereocenters. The molecule has 0 aliphatic heterocycles. The maximum absolute atomic E-state index is 11.3. The van der Waals surface area contributed by atoms with Gasteiger partial charge in [-0.15, -0.1) is 11.3 Å².